The van der Waals surface area contributed by atoms with Crippen LogP contribution in [0.5, 0.6) is 0 Å². The largest absolute Gasteiger partial charge is 0.370 e. The molecule has 0 spiro atoms. The molecule has 0 bridgehead atoms. The smallest absolute Gasteiger partial charge is 0.0459 e. The van der Waals surface area contributed by atoms with Gasteiger partial charge in [-0.25, -0.2) is 0 Å². The minimum Gasteiger partial charge on any atom is -0.370 e. The van der Waals surface area contributed by atoms with Crippen molar-refractivity contribution in [1.29, 1.82) is 0 Å². The fraction of sp³-hybridized carbons (Fsp3) is 0.294. The standard InChI is InChI=1S/C17H21ClN2/c1-13-6-8-14(9-7-13)12-20(2)17-5-3-4-16(18)15(17)10-11-19/h3-9H,10-12,19H2,1-2H3. The van der Waals surface area contributed by atoms with Crippen LogP contribution in [-0.2, 0) is 13.0 Å². The molecule has 2 aromatic carbocycles. The fourth-order valence-electron chi connectivity index (χ4n) is 2.35. The van der Waals surface area contributed by atoms with E-state index in [0.29, 0.717) is 6.54 Å². The van der Waals surface area contributed by atoms with E-state index < -0.39 is 0 Å². The molecule has 2 aromatic rings. The number of anilines is 1. The van der Waals surface area contributed by atoms with Gasteiger partial charge in [-0.1, -0.05) is 47.5 Å². The Balaban J connectivity index is 2.22. The zero-order chi connectivity index (χ0) is 14.5. The Bertz CT molecular complexity index is 564. The molecule has 3 heteroatoms. The van der Waals surface area contributed by atoms with Gasteiger partial charge in [0, 0.05) is 24.3 Å². The first-order valence-electron chi connectivity index (χ1n) is 6.86. The Morgan fingerprint density at radius 3 is 2.45 bits per heavy atom. The van der Waals surface area contributed by atoms with Gasteiger partial charge < -0.3 is 10.6 Å². The van der Waals surface area contributed by atoms with Crippen molar-refractivity contribution >= 4 is 17.3 Å². The van der Waals surface area contributed by atoms with E-state index in [-0.39, 0.29) is 0 Å². The van der Waals surface area contributed by atoms with E-state index >= 15 is 0 Å². The average molecular weight is 289 g/mol. The molecule has 0 aromatic heterocycles. The highest BCUT2D eigenvalue weighted by Crippen LogP contribution is 2.28. The molecule has 2 nitrogen and oxygen atoms in total. The predicted molar refractivity (Wildman–Crippen MR) is 87.5 cm³/mol. The lowest BCUT2D eigenvalue weighted by Crippen LogP contribution is -2.19. The second-order valence-corrected chi connectivity index (χ2v) is 5.53. The van der Waals surface area contributed by atoms with Crippen LogP contribution in [0.15, 0.2) is 42.5 Å². The third kappa shape index (κ3) is 3.53. The van der Waals surface area contributed by atoms with Gasteiger partial charge in [-0.2, -0.15) is 0 Å². The van der Waals surface area contributed by atoms with Crippen molar-refractivity contribution in [1.82, 2.24) is 0 Å². The van der Waals surface area contributed by atoms with E-state index in [1.807, 2.05) is 12.1 Å². The summed E-state index contributed by atoms with van der Waals surface area (Å²) in [5, 5.41) is 0.795. The molecular weight excluding hydrogens is 268 g/mol. The molecule has 2 N–H and O–H groups in total. The predicted octanol–water partition coefficient (Wildman–Crippen LogP) is 3.79. The quantitative estimate of drug-likeness (QED) is 0.907. The maximum absolute atomic E-state index is 6.29. The van der Waals surface area contributed by atoms with Crippen LogP contribution in [-0.4, -0.2) is 13.6 Å². The Hall–Kier alpha value is -1.51. The number of nitrogens with zero attached hydrogens (tertiary/aromatic N) is 1. The summed E-state index contributed by atoms with van der Waals surface area (Å²) < 4.78 is 0. The summed E-state index contributed by atoms with van der Waals surface area (Å²) in [5.74, 6) is 0. The topological polar surface area (TPSA) is 29.3 Å². The van der Waals surface area contributed by atoms with Crippen LogP contribution in [0, 0.1) is 6.92 Å². The van der Waals surface area contributed by atoms with Gasteiger partial charge in [-0.3, -0.25) is 0 Å². The molecule has 0 aliphatic heterocycles. The number of rotatable bonds is 5. The highest BCUT2D eigenvalue weighted by atomic mass is 35.5. The number of hydrogen-bond donors (Lipinski definition) is 1. The Morgan fingerprint density at radius 2 is 1.80 bits per heavy atom. The Morgan fingerprint density at radius 1 is 1.10 bits per heavy atom. The van der Waals surface area contributed by atoms with Gasteiger partial charge >= 0.3 is 0 Å². The first-order valence-corrected chi connectivity index (χ1v) is 7.23. The third-order valence-electron chi connectivity index (χ3n) is 3.44. The zero-order valence-electron chi connectivity index (χ0n) is 12.1. The number of aryl methyl sites for hydroxylation is 1. The Kier molecular flexibility index (Phi) is 5.05. The average Bonchev–Trinajstić information content (AvgIpc) is 2.43. The summed E-state index contributed by atoms with van der Waals surface area (Å²) in [7, 11) is 2.09. The monoisotopic (exact) mass is 288 g/mol. The molecule has 20 heavy (non-hydrogen) atoms. The SMILES string of the molecule is Cc1ccc(CN(C)c2cccc(Cl)c2CCN)cc1. The van der Waals surface area contributed by atoms with Gasteiger partial charge in [0.2, 0.25) is 0 Å². The molecule has 0 radical (unpaired) electrons. The van der Waals surface area contributed by atoms with E-state index in [0.717, 1.165) is 29.2 Å². The van der Waals surface area contributed by atoms with Crippen molar-refractivity contribution in [2.75, 3.05) is 18.5 Å². The van der Waals surface area contributed by atoms with E-state index in [2.05, 4.69) is 49.2 Å². The van der Waals surface area contributed by atoms with Crippen LogP contribution in [0.2, 0.25) is 5.02 Å². The summed E-state index contributed by atoms with van der Waals surface area (Å²) in [5.41, 5.74) is 10.5. The number of nitrogens with two attached hydrogens (primary N) is 1. The lowest BCUT2D eigenvalue weighted by Gasteiger charge is -2.23. The second kappa shape index (κ2) is 6.78. The number of hydrogen-bond acceptors (Lipinski definition) is 2. The first-order chi connectivity index (χ1) is 9.61. The van der Waals surface area contributed by atoms with Gasteiger partial charge in [0.25, 0.3) is 0 Å². The van der Waals surface area contributed by atoms with Gasteiger partial charge in [-0.05, 0) is 43.1 Å². The van der Waals surface area contributed by atoms with Crippen molar-refractivity contribution in [2.45, 2.75) is 19.9 Å². The van der Waals surface area contributed by atoms with Crippen LogP contribution in [0.4, 0.5) is 5.69 Å². The normalized spacial score (nSPS) is 10.6. The lowest BCUT2D eigenvalue weighted by atomic mass is 10.1. The van der Waals surface area contributed by atoms with Gasteiger partial charge in [0.1, 0.15) is 0 Å². The summed E-state index contributed by atoms with van der Waals surface area (Å²) in [6, 6.07) is 14.6. The van der Waals surface area contributed by atoms with Crippen molar-refractivity contribution in [3.05, 3.63) is 64.2 Å². The highest BCUT2D eigenvalue weighted by molar-refractivity contribution is 6.31. The van der Waals surface area contributed by atoms with E-state index in [9.17, 15) is 0 Å². The molecule has 0 unspecified atom stereocenters. The van der Waals surface area contributed by atoms with Gasteiger partial charge in [0.05, 0.1) is 0 Å². The minimum absolute atomic E-state index is 0.606. The molecule has 0 saturated carbocycles. The zero-order valence-corrected chi connectivity index (χ0v) is 12.8. The second-order valence-electron chi connectivity index (χ2n) is 5.12. The van der Waals surface area contributed by atoms with Crippen LogP contribution >= 0.6 is 11.6 Å². The molecule has 2 rings (SSSR count). The molecule has 0 amide bonds. The summed E-state index contributed by atoms with van der Waals surface area (Å²) in [4.78, 5) is 2.22. The van der Waals surface area contributed by atoms with Crippen LogP contribution in [0.1, 0.15) is 16.7 Å². The third-order valence-corrected chi connectivity index (χ3v) is 3.79. The molecule has 0 aliphatic carbocycles. The summed E-state index contributed by atoms with van der Waals surface area (Å²) >= 11 is 6.29. The molecule has 106 valence electrons. The van der Waals surface area contributed by atoms with E-state index in [1.54, 1.807) is 0 Å². The van der Waals surface area contributed by atoms with Crippen molar-refractivity contribution in [2.24, 2.45) is 5.73 Å². The number of benzene rings is 2. The minimum atomic E-state index is 0.606. The van der Waals surface area contributed by atoms with Crippen LogP contribution in [0.25, 0.3) is 0 Å². The summed E-state index contributed by atoms with van der Waals surface area (Å²) in [6.07, 6.45) is 0.799. The molecular formula is C17H21ClN2. The van der Waals surface area contributed by atoms with Gasteiger partial charge in [-0.15, -0.1) is 0 Å². The van der Waals surface area contributed by atoms with Crippen molar-refractivity contribution in [3.63, 3.8) is 0 Å². The van der Waals surface area contributed by atoms with E-state index in [4.69, 9.17) is 17.3 Å². The van der Waals surface area contributed by atoms with Crippen molar-refractivity contribution in [3.8, 4) is 0 Å². The lowest BCUT2D eigenvalue weighted by molar-refractivity contribution is 0.892. The number of halogens is 1. The molecule has 0 atom stereocenters. The maximum atomic E-state index is 6.29. The fourth-order valence-corrected chi connectivity index (χ4v) is 2.61. The molecule has 0 saturated heterocycles. The molecule has 0 fully saturated rings. The van der Waals surface area contributed by atoms with Crippen LogP contribution in [0.3, 0.4) is 0 Å². The van der Waals surface area contributed by atoms with E-state index in [1.165, 1.54) is 11.1 Å². The Labute approximate surface area is 126 Å². The highest BCUT2D eigenvalue weighted by Gasteiger charge is 2.10. The first kappa shape index (κ1) is 14.9. The molecule has 0 heterocycles. The maximum Gasteiger partial charge on any atom is 0.0459 e. The van der Waals surface area contributed by atoms with Crippen molar-refractivity contribution < 1.29 is 0 Å². The van der Waals surface area contributed by atoms with Gasteiger partial charge in [0.15, 0.2) is 0 Å². The molecule has 0 aliphatic rings. The summed E-state index contributed by atoms with van der Waals surface area (Å²) in [6.45, 7) is 3.57. The van der Waals surface area contributed by atoms with Crippen LogP contribution < -0.4 is 10.6 Å².